The van der Waals surface area contributed by atoms with Crippen LogP contribution in [0.25, 0.3) is 5.69 Å². The van der Waals surface area contributed by atoms with Crippen LogP contribution < -0.4 is 0 Å². The van der Waals surface area contributed by atoms with Gasteiger partial charge >= 0.3 is 5.97 Å². The number of benzene rings is 1. The van der Waals surface area contributed by atoms with Crippen molar-refractivity contribution in [3.8, 4) is 5.69 Å². The van der Waals surface area contributed by atoms with Gasteiger partial charge in [-0.15, -0.1) is 5.10 Å². The largest absolute Gasteiger partial charge is 0.460 e. The third kappa shape index (κ3) is 2.56. The van der Waals surface area contributed by atoms with Gasteiger partial charge in [0.25, 0.3) is 5.82 Å². The molecule has 0 bridgehead atoms. The van der Waals surface area contributed by atoms with Crippen LogP contribution in [0.3, 0.4) is 0 Å². The van der Waals surface area contributed by atoms with Crippen molar-refractivity contribution in [1.29, 1.82) is 0 Å². The molecule has 2 rings (SSSR count). The van der Waals surface area contributed by atoms with Gasteiger partial charge in [0, 0.05) is 0 Å². The van der Waals surface area contributed by atoms with Crippen LogP contribution in [0.5, 0.6) is 0 Å². The average molecular weight is 314 g/mol. The summed E-state index contributed by atoms with van der Waals surface area (Å²) in [5.41, 5.74) is 0.589. The van der Waals surface area contributed by atoms with Gasteiger partial charge in [-0.25, -0.2) is 13.9 Å². The summed E-state index contributed by atoms with van der Waals surface area (Å²) in [7, 11) is 0. The summed E-state index contributed by atoms with van der Waals surface area (Å²) in [6.45, 7) is 1.95. The van der Waals surface area contributed by atoms with Crippen LogP contribution in [-0.4, -0.2) is 27.3 Å². The van der Waals surface area contributed by atoms with Crippen molar-refractivity contribution in [2.75, 3.05) is 6.61 Å². The van der Waals surface area contributed by atoms with Gasteiger partial charge in [-0.1, -0.05) is 0 Å². The van der Waals surface area contributed by atoms with E-state index in [1.807, 2.05) is 0 Å². The number of ether oxygens (including phenoxy) is 1. The molecule has 1 heterocycles. The first kappa shape index (κ1) is 12.7. The third-order valence-electron chi connectivity index (χ3n) is 2.10. The Hall–Kier alpha value is -1.76. The topological polar surface area (TPSA) is 57.0 Å². The second-order valence-corrected chi connectivity index (χ2v) is 4.02. The van der Waals surface area contributed by atoms with E-state index in [1.165, 1.54) is 28.9 Å². The highest BCUT2D eigenvalue weighted by molar-refractivity contribution is 9.10. The molecule has 0 aliphatic heterocycles. The monoisotopic (exact) mass is 313 g/mol. The van der Waals surface area contributed by atoms with Crippen LogP contribution in [0, 0.1) is 5.82 Å². The average Bonchev–Trinajstić information content (AvgIpc) is 2.73. The molecular weight excluding hydrogens is 305 g/mol. The van der Waals surface area contributed by atoms with E-state index in [1.54, 1.807) is 6.92 Å². The summed E-state index contributed by atoms with van der Waals surface area (Å²) >= 11 is 3.18. The van der Waals surface area contributed by atoms with Crippen LogP contribution in [-0.2, 0) is 4.74 Å². The van der Waals surface area contributed by atoms with E-state index in [0.717, 1.165) is 0 Å². The van der Waals surface area contributed by atoms with E-state index >= 15 is 0 Å². The molecule has 0 spiro atoms. The lowest BCUT2D eigenvalue weighted by molar-refractivity contribution is 0.0512. The molecule has 0 aliphatic rings. The fourth-order valence-corrected chi connectivity index (χ4v) is 1.77. The number of aromatic nitrogens is 3. The molecule has 0 amide bonds. The highest BCUT2D eigenvalue weighted by Crippen LogP contribution is 2.15. The Morgan fingerprint density at radius 3 is 2.72 bits per heavy atom. The van der Waals surface area contributed by atoms with Crippen molar-refractivity contribution in [1.82, 2.24) is 14.8 Å². The first-order valence-electron chi connectivity index (χ1n) is 5.17. The van der Waals surface area contributed by atoms with E-state index < -0.39 is 5.97 Å². The molecule has 0 radical (unpaired) electrons. The van der Waals surface area contributed by atoms with Crippen LogP contribution in [0.1, 0.15) is 17.5 Å². The fourth-order valence-electron chi connectivity index (χ4n) is 1.32. The number of rotatable bonds is 3. The molecule has 1 aromatic heterocycles. The predicted molar refractivity (Wildman–Crippen MR) is 65.0 cm³/mol. The molecule has 1 aromatic carbocycles. The number of hydrogen-bond donors (Lipinski definition) is 0. The molecule has 0 aliphatic carbocycles. The zero-order valence-corrected chi connectivity index (χ0v) is 11.0. The summed E-state index contributed by atoms with van der Waals surface area (Å²) in [5.74, 6) is -0.993. The molecule has 0 fully saturated rings. The lowest BCUT2D eigenvalue weighted by Gasteiger charge is -2.00. The lowest BCUT2D eigenvalue weighted by Crippen LogP contribution is -2.07. The molecule has 0 N–H and O–H groups in total. The second kappa shape index (κ2) is 5.26. The Kier molecular flexibility index (Phi) is 3.71. The molecule has 0 unspecified atom stereocenters. The number of esters is 1. The van der Waals surface area contributed by atoms with Crippen LogP contribution in [0.15, 0.2) is 29.0 Å². The highest BCUT2D eigenvalue weighted by atomic mass is 79.9. The van der Waals surface area contributed by atoms with E-state index in [4.69, 9.17) is 4.74 Å². The van der Waals surface area contributed by atoms with Gasteiger partial charge in [0.15, 0.2) is 0 Å². The molecule has 5 nitrogen and oxygen atoms in total. The Labute approximate surface area is 111 Å². The Bertz CT molecular complexity index is 568. The Morgan fingerprint density at radius 1 is 1.44 bits per heavy atom. The minimum absolute atomic E-state index is 0.0481. The molecule has 7 heteroatoms. The molecule has 2 aromatic rings. The van der Waals surface area contributed by atoms with Gasteiger partial charge < -0.3 is 4.74 Å². The maximum Gasteiger partial charge on any atom is 0.378 e. The summed E-state index contributed by atoms with van der Waals surface area (Å²) in [5, 5.41) is 3.99. The summed E-state index contributed by atoms with van der Waals surface area (Å²) in [6, 6.07) is 5.66. The lowest BCUT2D eigenvalue weighted by atomic mass is 10.3. The zero-order valence-electron chi connectivity index (χ0n) is 9.43. The quantitative estimate of drug-likeness (QED) is 0.816. The van der Waals surface area contributed by atoms with Crippen molar-refractivity contribution in [3.05, 3.63) is 40.6 Å². The highest BCUT2D eigenvalue weighted by Gasteiger charge is 2.16. The molecule has 18 heavy (non-hydrogen) atoms. The van der Waals surface area contributed by atoms with Crippen molar-refractivity contribution in [3.63, 3.8) is 0 Å². The van der Waals surface area contributed by atoms with Crippen LogP contribution in [0.4, 0.5) is 4.39 Å². The SMILES string of the molecule is CCOC(=O)c1nc(Br)n(-c2ccc(F)cc2)n1. The number of carbonyl (C=O) groups excluding carboxylic acids is 1. The van der Waals surface area contributed by atoms with Crippen molar-refractivity contribution < 1.29 is 13.9 Å². The smallest absolute Gasteiger partial charge is 0.378 e. The van der Waals surface area contributed by atoms with Crippen molar-refractivity contribution in [2.24, 2.45) is 0 Å². The summed E-state index contributed by atoms with van der Waals surface area (Å²) < 4.78 is 19.3. The van der Waals surface area contributed by atoms with Gasteiger partial charge in [-0.2, -0.15) is 4.98 Å². The van der Waals surface area contributed by atoms with Crippen LogP contribution >= 0.6 is 15.9 Å². The van der Waals surface area contributed by atoms with Gasteiger partial charge in [0.1, 0.15) is 5.82 Å². The second-order valence-electron chi connectivity index (χ2n) is 3.31. The molecule has 0 saturated heterocycles. The standard InChI is InChI=1S/C11H9BrFN3O2/c1-2-18-10(17)9-14-11(12)16(15-9)8-5-3-7(13)4-6-8/h3-6H,2H2,1H3. The minimum atomic E-state index is -0.598. The normalized spacial score (nSPS) is 10.4. The maximum absolute atomic E-state index is 12.8. The van der Waals surface area contributed by atoms with E-state index in [-0.39, 0.29) is 18.2 Å². The molecule has 0 saturated carbocycles. The minimum Gasteiger partial charge on any atom is -0.460 e. The number of nitrogens with zero attached hydrogens (tertiary/aromatic N) is 3. The zero-order chi connectivity index (χ0) is 13.1. The van der Waals surface area contributed by atoms with Gasteiger partial charge in [-0.05, 0) is 47.1 Å². The predicted octanol–water partition coefficient (Wildman–Crippen LogP) is 2.35. The first-order valence-corrected chi connectivity index (χ1v) is 5.96. The molecule has 94 valence electrons. The van der Waals surface area contributed by atoms with Crippen LogP contribution in [0.2, 0.25) is 0 Å². The Morgan fingerprint density at radius 2 is 2.11 bits per heavy atom. The van der Waals surface area contributed by atoms with Gasteiger partial charge in [-0.3, -0.25) is 0 Å². The molecule has 0 atom stereocenters. The fraction of sp³-hybridized carbons (Fsp3) is 0.182. The maximum atomic E-state index is 12.8. The number of hydrogen-bond acceptors (Lipinski definition) is 4. The van der Waals surface area contributed by atoms with Crippen molar-refractivity contribution in [2.45, 2.75) is 6.92 Å². The van der Waals surface area contributed by atoms with E-state index in [0.29, 0.717) is 10.4 Å². The van der Waals surface area contributed by atoms with Crippen molar-refractivity contribution >= 4 is 21.9 Å². The summed E-state index contributed by atoms with van der Waals surface area (Å²) in [4.78, 5) is 15.4. The number of carbonyl (C=O) groups is 1. The van der Waals surface area contributed by atoms with E-state index in [9.17, 15) is 9.18 Å². The molecular formula is C11H9BrFN3O2. The van der Waals surface area contributed by atoms with E-state index in [2.05, 4.69) is 26.0 Å². The third-order valence-corrected chi connectivity index (χ3v) is 2.61. The number of halogens is 2. The first-order chi connectivity index (χ1) is 8.61. The summed E-state index contributed by atoms with van der Waals surface area (Å²) in [6.07, 6.45) is 0. The van der Waals surface area contributed by atoms with Gasteiger partial charge in [0.05, 0.1) is 12.3 Å². The van der Waals surface area contributed by atoms with Gasteiger partial charge in [0.2, 0.25) is 4.73 Å². The Balaban J connectivity index is 2.34.